The summed E-state index contributed by atoms with van der Waals surface area (Å²) in [6, 6.07) is 6.00. The zero-order chi connectivity index (χ0) is 22.3. The van der Waals surface area contributed by atoms with Crippen LogP contribution in [0.1, 0.15) is 47.7 Å². The van der Waals surface area contributed by atoms with Crippen LogP contribution in [0.25, 0.3) is 11.1 Å². The van der Waals surface area contributed by atoms with Gasteiger partial charge in [0, 0.05) is 10.9 Å². The zero-order valence-electron chi connectivity index (χ0n) is 17.9. The second-order valence-electron chi connectivity index (χ2n) is 8.60. The normalized spacial score (nSPS) is 24.2. The molecule has 2 bridgehead atoms. The summed E-state index contributed by atoms with van der Waals surface area (Å²) in [6.07, 6.45) is 2.54. The van der Waals surface area contributed by atoms with E-state index in [4.69, 9.17) is 4.74 Å². The molecule has 0 radical (unpaired) electrons. The van der Waals surface area contributed by atoms with Crippen molar-refractivity contribution in [3.63, 3.8) is 0 Å². The number of carboxylic acids is 1. The summed E-state index contributed by atoms with van der Waals surface area (Å²) in [6.45, 7) is 5.96. The van der Waals surface area contributed by atoms with E-state index in [1.165, 1.54) is 11.3 Å². The molecular weight excluding hydrogens is 414 g/mol. The highest BCUT2D eigenvalue weighted by Crippen LogP contribution is 2.53. The first-order valence-electron chi connectivity index (χ1n) is 10.7. The van der Waals surface area contributed by atoms with E-state index >= 15 is 0 Å². The molecule has 2 saturated carbocycles. The predicted molar refractivity (Wildman–Crippen MR) is 119 cm³/mol. The summed E-state index contributed by atoms with van der Waals surface area (Å²) in [5.41, 5.74) is 4.12. The average Bonchev–Trinajstić information content (AvgIpc) is 3.42. The van der Waals surface area contributed by atoms with E-state index in [0.717, 1.165) is 41.5 Å². The first-order chi connectivity index (χ1) is 14.8. The molecule has 1 heterocycles. The Morgan fingerprint density at radius 3 is 2.48 bits per heavy atom. The van der Waals surface area contributed by atoms with Crippen molar-refractivity contribution >= 4 is 34.2 Å². The van der Waals surface area contributed by atoms with Gasteiger partial charge >= 0.3 is 11.9 Å². The minimum absolute atomic E-state index is 0.0666. The molecule has 0 spiro atoms. The molecule has 1 aromatic heterocycles. The molecule has 2 fully saturated rings. The van der Waals surface area contributed by atoms with Gasteiger partial charge in [-0.3, -0.25) is 9.59 Å². The molecule has 4 rings (SSSR count). The minimum Gasteiger partial charge on any atom is -0.481 e. The number of thiophene rings is 1. The zero-order valence-corrected chi connectivity index (χ0v) is 18.8. The van der Waals surface area contributed by atoms with E-state index in [-0.39, 0.29) is 24.3 Å². The van der Waals surface area contributed by atoms with Gasteiger partial charge in [-0.25, -0.2) is 4.79 Å². The highest BCUT2D eigenvalue weighted by molar-refractivity contribution is 7.15. The van der Waals surface area contributed by atoms with Crippen LogP contribution in [-0.2, 0) is 14.3 Å². The lowest BCUT2D eigenvalue weighted by atomic mass is 9.78. The largest absolute Gasteiger partial charge is 0.481 e. The third-order valence-electron chi connectivity index (χ3n) is 6.68. The highest BCUT2D eigenvalue weighted by atomic mass is 32.1. The number of amides is 1. The van der Waals surface area contributed by atoms with Gasteiger partial charge in [0.25, 0.3) is 0 Å². The Hall–Kier alpha value is -2.67. The Kier molecular flexibility index (Phi) is 5.88. The summed E-state index contributed by atoms with van der Waals surface area (Å²) in [4.78, 5) is 37.9. The maximum Gasteiger partial charge on any atom is 0.341 e. The molecule has 31 heavy (non-hydrogen) atoms. The van der Waals surface area contributed by atoms with Crippen LogP contribution in [0.15, 0.2) is 23.6 Å². The molecule has 4 unspecified atom stereocenters. The number of aryl methyl sites for hydroxylation is 2. The predicted octanol–water partition coefficient (Wildman–Crippen LogP) is 4.89. The number of hydrogen-bond acceptors (Lipinski definition) is 5. The SMILES string of the molecule is CCOC(=O)c1c(-c2ccc(C)cc2C)csc1NC(=O)C1C2CCC(C2)C1C(=O)O. The van der Waals surface area contributed by atoms with Crippen molar-refractivity contribution in [2.24, 2.45) is 23.7 Å². The van der Waals surface area contributed by atoms with Crippen LogP contribution < -0.4 is 5.32 Å². The quantitative estimate of drug-likeness (QED) is 0.623. The third kappa shape index (κ3) is 3.87. The monoisotopic (exact) mass is 441 g/mol. The maximum absolute atomic E-state index is 13.2. The number of rotatable bonds is 6. The van der Waals surface area contributed by atoms with Crippen LogP contribution in [0.4, 0.5) is 5.00 Å². The fraction of sp³-hybridized carbons (Fsp3) is 0.458. The van der Waals surface area contributed by atoms with Gasteiger partial charge in [0.1, 0.15) is 10.6 Å². The van der Waals surface area contributed by atoms with Gasteiger partial charge in [-0.1, -0.05) is 23.8 Å². The Labute approximate surface area is 185 Å². The number of carbonyl (C=O) groups is 3. The van der Waals surface area contributed by atoms with E-state index in [0.29, 0.717) is 10.6 Å². The molecular formula is C24H27NO5S. The second-order valence-corrected chi connectivity index (χ2v) is 9.48. The van der Waals surface area contributed by atoms with Gasteiger partial charge in [-0.15, -0.1) is 11.3 Å². The molecule has 1 aromatic carbocycles. The number of fused-ring (bicyclic) bond motifs is 2. The molecule has 1 amide bonds. The second kappa shape index (κ2) is 8.46. The van der Waals surface area contributed by atoms with Crippen LogP contribution in [0.5, 0.6) is 0 Å². The molecule has 2 aliphatic carbocycles. The third-order valence-corrected chi connectivity index (χ3v) is 7.58. The van der Waals surface area contributed by atoms with E-state index in [9.17, 15) is 19.5 Å². The van der Waals surface area contributed by atoms with Crippen molar-refractivity contribution in [2.45, 2.75) is 40.0 Å². The molecule has 7 heteroatoms. The lowest BCUT2D eigenvalue weighted by Crippen LogP contribution is -2.37. The van der Waals surface area contributed by atoms with Crippen molar-refractivity contribution in [1.82, 2.24) is 0 Å². The first-order valence-corrected chi connectivity index (χ1v) is 11.6. The fourth-order valence-corrected chi connectivity index (χ4v) is 6.34. The number of aliphatic carboxylic acids is 1. The fourth-order valence-electron chi connectivity index (χ4n) is 5.39. The molecule has 0 saturated heterocycles. The summed E-state index contributed by atoms with van der Waals surface area (Å²) in [5.74, 6) is -2.75. The number of carboxylic acid groups (broad SMARTS) is 1. The lowest BCUT2D eigenvalue weighted by Gasteiger charge is -2.27. The number of anilines is 1. The van der Waals surface area contributed by atoms with Crippen LogP contribution in [-0.4, -0.2) is 29.6 Å². The number of hydrogen-bond donors (Lipinski definition) is 2. The number of ether oxygens (including phenoxy) is 1. The van der Waals surface area contributed by atoms with Crippen molar-refractivity contribution < 1.29 is 24.2 Å². The van der Waals surface area contributed by atoms with Gasteiger partial charge in [0.2, 0.25) is 5.91 Å². The molecule has 6 nitrogen and oxygen atoms in total. The number of benzene rings is 1. The Balaban J connectivity index is 1.68. The van der Waals surface area contributed by atoms with Gasteiger partial charge < -0.3 is 15.2 Å². The average molecular weight is 442 g/mol. The summed E-state index contributed by atoms with van der Waals surface area (Å²) >= 11 is 1.27. The topological polar surface area (TPSA) is 92.7 Å². The Morgan fingerprint density at radius 1 is 1.13 bits per heavy atom. The summed E-state index contributed by atoms with van der Waals surface area (Å²) < 4.78 is 5.29. The molecule has 2 N–H and O–H groups in total. The molecule has 2 aliphatic rings. The van der Waals surface area contributed by atoms with Crippen LogP contribution in [0, 0.1) is 37.5 Å². The van der Waals surface area contributed by atoms with Crippen molar-refractivity contribution in [3.8, 4) is 11.1 Å². The van der Waals surface area contributed by atoms with Gasteiger partial charge in [-0.2, -0.15) is 0 Å². The summed E-state index contributed by atoms with van der Waals surface area (Å²) in [5, 5.41) is 14.9. The van der Waals surface area contributed by atoms with Crippen molar-refractivity contribution in [3.05, 3.63) is 40.3 Å². The Bertz CT molecular complexity index is 1040. The van der Waals surface area contributed by atoms with Gasteiger partial charge in [0.05, 0.1) is 18.4 Å². The highest BCUT2D eigenvalue weighted by Gasteiger charge is 2.54. The molecule has 2 aromatic rings. The number of esters is 1. The van der Waals surface area contributed by atoms with Gasteiger partial charge in [0.15, 0.2) is 0 Å². The van der Waals surface area contributed by atoms with E-state index < -0.39 is 23.8 Å². The minimum atomic E-state index is -0.903. The lowest BCUT2D eigenvalue weighted by molar-refractivity contribution is -0.148. The first kappa shape index (κ1) is 21.6. The number of carbonyl (C=O) groups excluding carboxylic acids is 2. The van der Waals surface area contributed by atoms with E-state index in [2.05, 4.69) is 5.32 Å². The standard InChI is InChI=1S/C24H27NO5S/c1-4-30-24(29)20-17(16-8-5-12(2)9-13(16)3)11-31-22(20)25-21(26)18-14-6-7-15(10-14)19(18)23(27)28/h5,8-9,11,14-15,18-19H,4,6-7,10H2,1-3H3,(H,25,26)(H,27,28). The smallest absolute Gasteiger partial charge is 0.341 e. The van der Waals surface area contributed by atoms with Crippen LogP contribution >= 0.6 is 11.3 Å². The maximum atomic E-state index is 13.2. The Morgan fingerprint density at radius 2 is 1.84 bits per heavy atom. The van der Waals surface area contributed by atoms with Crippen LogP contribution in [0.3, 0.4) is 0 Å². The summed E-state index contributed by atoms with van der Waals surface area (Å²) in [7, 11) is 0. The van der Waals surface area contributed by atoms with E-state index in [1.807, 2.05) is 37.4 Å². The molecule has 4 atom stereocenters. The van der Waals surface area contributed by atoms with E-state index in [1.54, 1.807) is 6.92 Å². The van der Waals surface area contributed by atoms with Gasteiger partial charge in [-0.05, 0) is 63.0 Å². The molecule has 164 valence electrons. The van der Waals surface area contributed by atoms with Crippen LogP contribution in [0.2, 0.25) is 0 Å². The van der Waals surface area contributed by atoms with Crippen molar-refractivity contribution in [1.29, 1.82) is 0 Å². The molecule has 0 aliphatic heterocycles. The van der Waals surface area contributed by atoms with Crippen molar-refractivity contribution in [2.75, 3.05) is 11.9 Å². The number of nitrogens with one attached hydrogen (secondary N) is 1.